The van der Waals surface area contributed by atoms with Crippen molar-refractivity contribution in [2.24, 2.45) is 0 Å². The van der Waals surface area contributed by atoms with E-state index in [0.717, 1.165) is 5.69 Å². The Bertz CT molecular complexity index is 864. The summed E-state index contributed by atoms with van der Waals surface area (Å²) in [5, 5.41) is 7.26. The molecule has 0 aliphatic rings. The van der Waals surface area contributed by atoms with Crippen molar-refractivity contribution < 1.29 is 9.18 Å². The summed E-state index contributed by atoms with van der Waals surface area (Å²) in [6, 6.07) is 11.4. The molecule has 0 spiro atoms. The van der Waals surface area contributed by atoms with E-state index < -0.39 is 11.7 Å². The van der Waals surface area contributed by atoms with Crippen LogP contribution in [0.5, 0.6) is 0 Å². The first-order chi connectivity index (χ1) is 11.0. The minimum atomic E-state index is -0.516. The molecule has 0 aliphatic heterocycles. The smallest absolute Gasteiger partial charge is 0.258 e. The van der Waals surface area contributed by atoms with Gasteiger partial charge in [-0.15, -0.1) is 0 Å². The monoisotopic (exact) mass is 393 g/mol. The topological polar surface area (TPSA) is 46.9 Å². The minimum Gasteiger partial charge on any atom is -0.319 e. The molecule has 1 aromatic heterocycles. The lowest BCUT2D eigenvalue weighted by molar-refractivity contribution is 0.102. The summed E-state index contributed by atoms with van der Waals surface area (Å²) in [4.78, 5) is 12.2. The number of hydrogen-bond donors (Lipinski definition) is 1. The quantitative estimate of drug-likeness (QED) is 0.701. The number of aromatic nitrogens is 2. The molecule has 116 valence electrons. The van der Waals surface area contributed by atoms with E-state index in [-0.39, 0.29) is 5.69 Å². The number of amides is 1. The Morgan fingerprint density at radius 3 is 2.65 bits per heavy atom. The molecule has 3 rings (SSSR count). The predicted octanol–water partition coefficient (Wildman–Crippen LogP) is 4.68. The molecule has 0 saturated carbocycles. The summed E-state index contributed by atoms with van der Waals surface area (Å²) in [5.74, 6) is -0.954. The zero-order valence-corrected chi connectivity index (χ0v) is 14.0. The molecule has 1 heterocycles. The van der Waals surface area contributed by atoms with Crippen LogP contribution in [0.3, 0.4) is 0 Å². The largest absolute Gasteiger partial charge is 0.319 e. The maximum Gasteiger partial charge on any atom is 0.258 e. The second-order valence-corrected chi connectivity index (χ2v) is 6.08. The van der Waals surface area contributed by atoms with Gasteiger partial charge in [-0.25, -0.2) is 9.07 Å². The first-order valence-electron chi connectivity index (χ1n) is 6.60. The van der Waals surface area contributed by atoms with Gasteiger partial charge in [0.25, 0.3) is 5.91 Å². The summed E-state index contributed by atoms with van der Waals surface area (Å²) in [5.41, 5.74) is 1.20. The lowest BCUT2D eigenvalue weighted by Crippen LogP contribution is -2.12. The van der Waals surface area contributed by atoms with Crippen molar-refractivity contribution in [2.75, 3.05) is 5.32 Å². The molecule has 4 nitrogen and oxygen atoms in total. The van der Waals surface area contributed by atoms with E-state index in [2.05, 4.69) is 26.3 Å². The lowest BCUT2D eigenvalue weighted by atomic mass is 10.2. The van der Waals surface area contributed by atoms with E-state index in [4.69, 9.17) is 11.6 Å². The van der Waals surface area contributed by atoms with E-state index in [1.807, 2.05) is 0 Å². The molecule has 1 N–H and O–H groups in total. The Kier molecular flexibility index (Phi) is 4.45. The van der Waals surface area contributed by atoms with Crippen molar-refractivity contribution in [1.29, 1.82) is 0 Å². The first kappa shape index (κ1) is 15.7. The Balaban J connectivity index is 1.79. The Morgan fingerprint density at radius 2 is 1.96 bits per heavy atom. The van der Waals surface area contributed by atoms with Gasteiger partial charge < -0.3 is 5.32 Å². The van der Waals surface area contributed by atoms with Crippen molar-refractivity contribution in [3.8, 4) is 5.69 Å². The van der Waals surface area contributed by atoms with Gasteiger partial charge in [-0.3, -0.25) is 4.79 Å². The molecule has 0 atom stereocenters. The molecule has 0 saturated heterocycles. The predicted molar refractivity (Wildman–Crippen MR) is 90.6 cm³/mol. The maximum absolute atomic E-state index is 13.8. The van der Waals surface area contributed by atoms with E-state index in [9.17, 15) is 9.18 Å². The highest BCUT2D eigenvalue weighted by Gasteiger charge is 2.12. The van der Waals surface area contributed by atoms with Crippen LogP contribution in [0.15, 0.2) is 59.3 Å². The third kappa shape index (κ3) is 3.60. The summed E-state index contributed by atoms with van der Waals surface area (Å²) in [6.45, 7) is 0. The normalized spacial score (nSPS) is 10.6. The molecule has 23 heavy (non-hydrogen) atoms. The van der Waals surface area contributed by atoms with E-state index >= 15 is 0 Å². The standard InChI is InChI=1S/C16H10BrClFN3O/c17-11-1-6-15(14(19)7-11)21-16(23)10-8-20-22(9-10)13-4-2-12(18)3-5-13/h1-9H,(H,21,23). The number of anilines is 1. The Morgan fingerprint density at radius 1 is 1.22 bits per heavy atom. The maximum atomic E-state index is 13.8. The molecule has 7 heteroatoms. The highest BCUT2D eigenvalue weighted by Crippen LogP contribution is 2.20. The van der Waals surface area contributed by atoms with E-state index in [0.29, 0.717) is 15.1 Å². The average molecular weight is 395 g/mol. The van der Waals surface area contributed by atoms with E-state index in [1.54, 1.807) is 41.2 Å². The number of carbonyl (C=O) groups is 1. The number of nitrogens with zero attached hydrogens (tertiary/aromatic N) is 2. The average Bonchev–Trinajstić information content (AvgIpc) is 3.01. The lowest BCUT2D eigenvalue weighted by Gasteiger charge is -2.05. The van der Waals surface area contributed by atoms with Crippen LogP contribution in [-0.4, -0.2) is 15.7 Å². The fraction of sp³-hybridized carbons (Fsp3) is 0. The molecule has 0 aliphatic carbocycles. The third-order valence-electron chi connectivity index (χ3n) is 3.12. The summed E-state index contributed by atoms with van der Waals surface area (Å²) < 4.78 is 15.9. The van der Waals surface area contributed by atoms with Gasteiger partial charge in [0.15, 0.2) is 0 Å². The molecule has 0 radical (unpaired) electrons. The Labute approximate surface area is 145 Å². The van der Waals surface area contributed by atoms with Crippen LogP contribution in [0, 0.1) is 5.82 Å². The van der Waals surface area contributed by atoms with Gasteiger partial charge in [0.05, 0.1) is 23.1 Å². The number of hydrogen-bond acceptors (Lipinski definition) is 2. The first-order valence-corrected chi connectivity index (χ1v) is 7.77. The number of benzene rings is 2. The van der Waals surface area contributed by atoms with Crippen LogP contribution < -0.4 is 5.32 Å². The highest BCUT2D eigenvalue weighted by molar-refractivity contribution is 9.10. The van der Waals surface area contributed by atoms with Crippen LogP contribution in [0.2, 0.25) is 5.02 Å². The van der Waals surface area contributed by atoms with Gasteiger partial charge >= 0.3 is 0 Å². The highest BCUT2D eigenvalue weighted by atomic mass is 79.9. The van der Waals surface area contributed by atoms with Crippen LogP contribution in [-0.2, 0) is 0 Å². The molecular weight excluding hydrogens is 385 g/mol. The van der Waals surface area contributed by atoms with Crippen molar-refractivity contribution in [3.63, 3.8) is 0 Å². The van der Waals surface area contributed by atoms with Gasteiger partial charge in [-0.2, -0.15) is 5.10 Å². The molecule has 3 aromatic rings. The van der Waals surface area contributed by atoms with Crippen LogP contribution in [0.25, 0.3) is 5.69 Å². The van der Waals surface area contributed by atoms with Gasteiger partial charge in [0.2, 0.25) is 0 Å². The third-order valence-corrected chi connectivity index (χ3v) is 3.86. The van der Waals surface area contributed by atoms with Crippen molar-refractivity contribution in [3.05, 3.63) is 75.7 Å². The summed E-state index contributed by atoms with van der Waals surface area (Å²) in [7, 11) is 0. The Hall–Kier alpha value is -2.18. The fourth-order valence-corrected chi connectivity index (χ4v) is 2.42. The van der Waals surface area contributed by atoms with Crippen LogP contribution >= 0.6 is 27.5 Å². The number of carbonyl (C=O) groups excluding carboxylic acids is 1. The van der Waals surface area contributed by atoms with Gasteiger partial charge in [0, 0.05) is 15.7 Å². The fourth-order valence-electron chi connectivity index (χ4n) is 1.96. The number of halogens is 3. The van der Waals surface area contributed by atoms with Crippen molar-refractivity contribution in [1.82, 2.24) is 9.78 Å². The van der Waals surface area contributed by atoms with Crippen LogP contribution in [0.1, 0.15) is 10.4 Å². The zero-order valence-electron chi connectivity index (χ0n) is 11.6. The van der Waals surface area contributed by atoms with Gasteiger partial charge in [0.1, 0.15) is 5.82 Å². The molecule has 0 bridgehead atoms. The van der Waals surface area contributed by atoms with Crippen molar-refractivity contribution >= 4 is 39.1 Å². The van der Waals surface area contributed by atoms with Gasteiger partial charge in [-0.05, 0) is 42.5 Å². The number of nitrogens with one attached hydrogen (secondary N) is 1. The summed E-state index contributed by atoms with van der Waals surface area (Å²) >= 11 is 9.00. The molecule has 0 fully saturated rings. The number of rotatable bonds is 3. The second kappa shape index (κ2) is 6.52. The SMILES string of the molecule is O=C(Nc1ccc(Br)cc1F)c1cnn(-c2ccc(Cl)cc2)c1. The molecule has 0 unspecified atom stereocenters. The molecule has 2 aromatic carbocycles. The zero-order chi connectivity index (χ0) is 16.4. The summed E-state index contributed by atoms with van der Waals surface area (Å²) in [6.07, 6.45) is 2.98. The second-order valence-electron chi connectivity index (χ2n) is 4.73. The molecule has 1 amide bonds. The van der Waals surface area contributed by atoms with Crippen molar-refractivity contribution in [2.45, 2.75) is 0 Å². The minimum absolute atomic E-state index is 0.109. The van der Waals surface area contributed by atoms with E-state index in [1.165, 1.54) is 18.3 Å². The van der Waals surface area contributed by atoms with Crippen LogP contribution in [0.4, 0.5) is 10.1 Å². The van der Waals surface area contributed by atoms with Gasteiger partial charge in [-0.1, -0.05) is 27.5 Å². The molecular formula is C16H10BrClFN3O.